The van der Waals surface area contributed by atoms with Crippen molar-refractivity contribution in [1.82, 2.24) is 0 Å². The fourth-order valence-electron chi connectivity index (χ4n) is 1.59. The van der Waals surface area contributed by atoms with Gasteiger partial charge in [0.2, 0.25) is 0 Å². The Labute approximate surface area is 131 Å². The molecule has 20 heavy (non-hydrogen) atoms. The van der Waals surface area contributed by atoms with E-state index in [9.17, 15) is 8.42 Å². The van der Waals surface area contributed by atoms with E-state index >= 15 is 0 Å². The van der Waals surface area contributed by atoms with Crippen LogP contribution in [0.3, 0.4) is 0 Å². The van der Waals surface area contributed by atoms with Crippen molar-refractivity contribution < 1.29 is 8.42 Å². The smallest absolute Gasteiger partial charge is 0.179 e. The molecule has 3 nitrogen and oxygen atoms in total. The van der Waals surface area contributed by atoms with Crippen LogP contribution < -0.4 is 5.73 Å². The van der Waals surface area contributed by atoms with Crippen molar-refractivity contribution in [1.29, 1.82) is 0 Å². The van der Waals surface area contributed by atoms with Crippen LogP contribution in [0.1, 0.15) is 0 Å². The fraction of sp³-hybridized carbons (Fsp3) is 0.143. The van der Waals surface area contributed by atoms with Gasteiger partial charge in [0.05, 0.1) is 10.6 Å². The van der Waals surface area contributed by atoms with E-state index < -0.39 is 9.84 Å². The molecule has 0 aromatic heterocycles. The molecule has 2 aromatic carbocycles. The standard InChI is InChI=1S/C14H14BrNO2S2/c15-11-1-7-14(8-2-11)20(17,18)10-9-19-13-5-3-12(16)4-6-13/h1-8H,9-10,16H2. The Kier molecular flexibility index (Phi) is 5.12. The maximum atomic E-state index is 12.1. The molecule has 2 rings (SSSR count). The molecule has 0 unspecified atom stereocenters. The van der Waals surface area contributed by atoms with E-state index in [0.29, 0.717) is 16.3 Å². The van der Waals surface area contributed by atoms with Crippen LogP contribution in [0.25, 0.3) is 0 Å². The second-order valence-corrected chi connectivity index (χ2v) is 8.38. The molecular formula is C14H14BrNO2S2. The average molecular weight is 372 g/mol. The van der Waals surface area contributed by atoms with Gasteiger partial charge in [-0.05, 0) is 48.5 Å². The predicted molar refractivity (Wildman–Crippen MR) is 87.8 cm³/mol. The number of halogens is 1. The second-order valence-electron chi connectivity index (χ2n) is 4.19. The molecule has 6 heteroatoms. The molecule has 0 heterocycles. The Morgan fingerprint density at radius 1 is 1.00 bits per heavy atom. The fourth-order valence-corrected chi connectivity index (χ4v) is 4.42. The van der Waals surface area contributed by atoms with Gasteiger partial charge in [-0.2, -0.15) is 0 Å². The summed E-state index contributed by atoms with van der Waals surface area (Å²) in [5, 5.41) is 0. The predicted octanol–water partition coefficient (Wildman–Crippen LogP) is 3.60. The first-order valence-electron chi connectivity index (χ1n) is 5.94. The molecule has 0 aliphatic heterocycles. The molecule has 0 fully saturated rings. The quantitative estimate of drug-likeness (QED) is 0.644. The molecule has 0 saturated carbocycles. The normalized spacial score (nSPS) is 11.4. The highest BCUT2D eigenvalue weighted by molar-refractivity contribution is 9.10. The molecule has 0 radical (unpaired) electrons. The maximum Gasteiger partial charge on any atom is 0.179 e. The lowest BCUT2D eigenvalue weighted by molar-refractivity contribution is 0.597. The van der Waals surface area contributed by atoms with Gasteiger partial charge >= 0.3 is 0 Å². The summed E-state index contributed by atoms with van der Waals surface area (Å²) in [5.41, 5.74) is 6.31. The van der Waals surface area contributed by atoms with Crippen molar-refractivity contribution in [2.45, 2.75) is 9.79 Å². The van der Waals surface area contributed by atoms with E-state index in [2.05, 4.69) is 15.9 Å². The Bertz CT molecular complexity index is 667. The third kappa shape index (κ3) is 4.26. The third-order valence-electron chi connectivity index (χ3n) is 2.67. The topological polar surface area (TPSA) is 60.2 Å². The Morgan fingerprint density at radius 3 is 2.20 bits per heavy atom. The highest BCUT2D eigenvalue weighted by atomic mass is 79.9. The summed E-state index contributed by atoms with van der Waals surface area (Å²) in [6.07, 6.45) is 0. The van der Waals surface area contributed by atoms with Crippen LogP contribution in [0.5, 0.6) is 0 Å². The zero-order valence-electron chi connectivity index (χ0n) is 10.6. The number of nitrogens with two attached hydrogens (primary N) is 1. The van der Waals surface area contributed by atoms with Crippen LogP contribution in [0.15, 0.2) is 62.8 Å². The van der Waals surface area contributed by atoms with E-state index in [-0.39, 0.29) is 5.75 Å². The number of benzene rings is 2. The van der Waals surface area contributed by atoms with Crippen LogP contribution in [0.2, 0.25) is 0 Å². The monoisotopic (exact) mass is 371 g/mol. The minimum Gasteiger partial charge on any atom is -0.399 e. The summed E-state index contributed by atoms with van der Waals surface area (Å²) >= 11 is 4.80. The number of hydrogen-bond donors (Lipinski definition) is 1. The van der Waals surface area contributed by atoms with Gasteiger partial charge in [-0.25, -0.2) is 8.42 Å². The van der Waals surface area contributed by atoms with Crippen LogP contribution in [0.4, 0.5) is 5.69 Å². The molecule has 0 bridgehead atoms. The summed E-state index contributed by atoms with van der Waals surface area (Å²) in [7, 11) is -3.22. The summed E-state index contributed by atoms with van der Waals surface area (Å²) in [6, 6.07) is 14.1. The lowest BCUT2D eigenvalue weighted by atomic mass is 10.3. The average Bonchev–Trinajstić information content (AvgIpc) is 2.41. The van der Waals surface area contributed by atoms with Crippen LogP contribution in [-0.4, -0.2) is 19.9 Å². The van der Waals surface area contributed by atoms with Crippen LogP contribution in [-0.2, 0) is 9.84 Å². The van der Waals surface area contributed by atoms with E-state index in [0.717, 1.165) is 9.37 Å². The summed E-state index contributed by atoms with van der Waals surface area (Å²) in [5.74, 6) is 0.631. The maximum absolute atomic E-state index is 12.1. The molecular weight excluding hydrogens is 358 g/mol. The molecule has 2 aromatic rings. The summed E-state index contributed by atoms with van der Waals surface area (Å²) < 4.78 is 25.1. The number of rotatable bonds is 5. The molecule has 0 atom stereocenters. The van der Waals surface area contributed by atoms with E-state index in [4.69, 9.17) is 5.73 Å². The highest BCUT2D eigenvalue weighted by Crippen LogP contribution is 2.21. The highest BCUT2D eigenvalue weighted by Gasteiger charge is 2.13. The van der Waals surface area contributed by atoms with Gasteiger partial charge in [0.1, 0.15) is 0 Å². The number of anilines is 1. The van der Waals surface area contributed by atoms with Crippen molar-refractivity contribution >= 4 is 43.2 Å². The summed E-state index contributed by atoms with van der Waals surface area (Å²) in [6.45, 7) is 0. The molecule has 0 aliphatic carbocycles. The second kappa shape index (κ2) is 6.65. The van der Waals surface area contributed by atoms with Gasteiger partial charge in [0.15, 0.2) is 9.84 Å². The Morgan fingerprint density at radius 2 is 1.60 bits per heavy atom. The Balaban J connectivity index is 1.96. The zero-order valence-corrected chi connectivity index (χ0v) is 13.8. The molecule has 0 saturated heterocycles. The lowest BCUT2D eigenvalue weighted by Crippen LogP contribution is -2.08. The number of sulfone groups is 1. The number of thioether (sulfide) groups is 1. The largest absolute Gasteiger partial charge is 0.399 e. The van der Waals surface area contributed by atoms with Crippen molar-refractivity contribution in [3.05, 3.63) is 53.0 Å². The van der Waals surface area contributed by atoms with Crippen molar-refractivity contribution in [2.75, 3.05) is 17.2 Å². The number of hydrogen-bond acceptors (Lipinski definition) is 4. The molecule has 106 valence electrons. The van der Waals surface area contributed by atoms with Crippen LogP contribution in [0, 0.1) is 0 Å². The van der Waals surface area contributed by atoms with Gasteiger partial charge in [0.25, 0.3) is 0 Å². The van der Waals surface area contributed by atoms with Gasteiger partial charge in [-0.3, -0.25) is 0 Å². The molecule has 0 amide bonds. The van der Waals surface area contributed by atoms with Gasteiger partial charge in [0, 0.05) is 20.8 Å². The van der Waals surface area contributed by atoms with Gasteiger partial charge in [-0.15, -0.1) is 11.8 Å². The first-order chi connectivity index (χ1) is 9.47. The van der Waals surface area contributed by atoms with E-state index in [1.54, 1.807) is 24.3 Å². The summed E-state index contributed by atoms with van der Waals surface area (Å²) in [4.78, 5) is 1.38. The van der Waals surface area contributed by atoms with Crippen molar-refractivity contribution in [3.63, 3.8) is 0 Å². The third-order valence-corrected chi connectivity index (χ3v) is 6.21. The van der Waals surface area contributed by atoms with E-state index in [1.807, 2.05) is 24.3 Å². The molecule has 0 spiro atoms. The minimum atomic E-state index is -3.22. The lowest BCUT2D eigenvalue weighted by Gasteiger charge is -2.05. The van der Waals surface area contributed by atoms with Gasteiger partial charge in [-0.1, -0.05) is 15.9 Å². The minimum absolute atomic E-state index is 0.115. The van der Waals surface area contributed by atoms with Crippen LogP contribution >= 0.6 is 27.7 Å². The van der Waals surface area contributed by atoms with Gasteiger partial charge < -0.3 is 5.73 Å². The van der Waals surface area contributed by atoms with Crippen molar-refractivity contribution in [3.8, 4) is 0 Å². The zero-order chi connectivity index (χ0) is 14.6. The first kappa shape index (κ1) is 15.4. The molecule has 2 N–H and O–H groups in total. The van der Waals surface area contributed by atoms with Crippen molar-refractivity contribution in [2.24, 2.45) is 0 Å². The molecule has 0 aliphatic rings. The van der Waals surface area contributed by atoms with E-state index in [1.165, 1.54) is 11.8 Å². The first-order valence-corrected chi connectivity index (χ1v) is 9.37. The Hall–Kier alpha value is -0.980. The SMILES string of the molecule is Nc1ccc(SCCS(=O)(=O)c2ccc(Br)cc2)cc1. The number of nitrogen functional groups attached to an aromatic ring is 1.